The van der Waals surface area contributed by atoms with Crippen LogP contribution in [0.2, 0.25) is 0 Å². The minimum absolute atomic E-state index is 0.0354. The highest BCUT2D eigenvalue weighted by atomic mass is 16.1. The molecule has 1 amide bonds. The Morgan fingerprint density at radius 3 is 2.38 bits per heavy atom. The van der Waals surface area contributed by atoms with Crippen molar-refractivity contribution in [1.29, 1.82) is 0 Å². The van der Waals surface area contributed by atoms with Gasteiger partial charge in [0.15, 0.2) is 5.82 Å². The van der Waals surface area contributed by atoms with Gasteiger partial charge in [0, 0.05) is 31.1 Å². The van der Waals surface area contributed by atoms with Gasteiger partial charge in [-0.15, -0.1) is 0 Å². The van der Waals surface area contributed by atoms with E-state index in [1.807, 2.05) is 40.1 Å². The monoisotopic (exact) mass is 322 g/mol. The van der Waals surface area contributed by atoms with E-state index in [-0.39, 0.29) is 11.8 Å². The number of aromatic amines is 1. The molecule has 5 heteroatoms. The Bertz CT molecular complexity index is 863. The predicted octanol–water partition coefficient (Wildman–Crippen LogP) is 3.89. The molecule has 0 atom stereocenters. The molecule has 24 heavy (non-hydrogen) atoms. The molecular formula is C19H22N4O. The molecule has 3 aromatic rings. The van der Waals surface area contributed by atoms with Gasteiger partial charge in [0.1, 0.15) is 0 Å². The fraction of sp³-hybridized carbons (Fsp3) is 0.263. The number of H-pyrrole nitrogens is 1. The molecule has 1 aromatic heterocycles. The molecule has 0 radical (unpaired) electrons. The largest absolute Gasteiger partial charge is 0.378 e. The van der Waals surface area contributed by atoms with Crippen LogP contribution in [0.5, 0.6) is 0 Å². The van der Waals surface area contributed by atoms with Crippen molar-refractivity contribution < 1.29 is 4.79 Å². The molecule has 3 rings (SSSR count). The van der Waals surface area contributed by atoms with Gasteiger partial charge in [-0.1, -0.05) is 32.0 Å². The maximum absolute atomic E-state index is 11.9. The molecule has 2 aromatic carbocycles. The van der Waals surface area contributed by atoms with Gasteiger partial charge in [-0.05, 0) is 35.4 Å². The second-order valence-corrected chi connectivity index (χ2v) is 6.42. The molecule has 0 fully saturated rings. The first-order valence-corrected chi connectivity index (χ1v) is 8.02. The molecule has 0 saturated heterocycles. The number of benzene rings is 2. The van der Waals surface area contributed by atoms with Crippen LogP contribution in [-0.2, 0) is 4.79 Å². The molecule has 124 valence electrons. The Kier molecular flexibility index (Phi) is 4.25. The Balaban J connectivity index is 1.91. The normalized spacial score (nSPS) is 11.0. The van der Waals surface area contributed by atoms with Crippen LogP contribution < -0.4 is 10.2 Å². The van der Waals surface area contributed by atoms with Crippen molar-refractivity contribution in [3.8, 4) is 11.1 Å². The van der Waals surface area contributed by atoms with Crippen molar-refractivity contribution in [2.75, 3.05) is 24.3 Å². The quantitative estimate of drug-likeness (QED) is 0.766. The summed E-state index contributed by atoms with van der Waals surface area (Å²) in [7, 11) is 4.05. The summed E-state index contributed by atoms with van der Waals surface area (Å²) in [5.41, 5.74) is 4.33. The summed E-state index contributed by atoms with van der Waals surface area (Å²) in [5, 5.41) is 11.0. The van der Waals surface area contributed by atoms with Crippen LogP contribution in [-0.4, -0.2) is 30.2 Å². The van der Waals surface area contributed by atoms with Gasteiger partial charge in [0.25, 0.3) is 0 Å². The third-order valence-electron chi connectivity index (χ3n) is 4.05. The summed E-state index contributed by atoms with van der Waals surface area (Å²) in [4.78, 5) is 13.9. The van der Waals surface area contributed by atoms with E-state index in [0.717, 1.165) is 22.0 Å². The van der Waals surface area contributed by atoms with Gasteiger partial charge in [0.2, 0.25) is 5.91 Å². The van der Waals surface area contributed by atoms with Crippen LogP contribution in [0.4, 0.5) is 11.5 Å². The standard InChI is InChI=1S/C19H22N4O/c1-12(2)19(24)20-18-16-10-7-14(11-17(16)21-22-18)13-5-8-15(9-6-13)23(3)4/h5-12H,1-4H3,(H2,20,21,22,24). The highest BCUT2D eigenvalue weighted by Crippen LogP contribution is 2.28. The number of carbonyl (C=O) groups is 1. The molecule has 1 heterocycles. The summed E-state index contributed by atoms with van der Waals surface area (Å²) in [6.45, 7) is 3.72. The number of aromatic nitrogens is 2. The number of hydrogen-bond acceptors (Lipinski definition) is 3. The lowest BCUT2D eigenvalue weighted by atomic mass is 10.0. The maximum atomic E-state index is 11.9. The van der Waals surface area contributed by atoms with E-state index in [1.54, 1.807) is 0 Å². The fourth-order valence-electron chi connectivity index (χ4n) is 2.51. The predicted molar refractivity (Wildman–Crippen MR) is 99.3 cm³/mol. The van der Waals surface area contributed by atoms with Crippen LogP contribution >= 0.6 is 0 Å². The Hall–Kier alpha value is -2.82. The molecule has 0 spiro atoms. The van der Waals surface area contributed by atoms with Crippen molar-refractivity contribution in [3.63, 3.8) is 0 Å². The van der Waals surface area contributed by atoms with Gasteiger partial charge in [-0.25, -0.2) is 0 Å². The SMILES string of the molecule is CC(C)C(=O)Nc1n[nH]c2cc(-c3ccc(N(C)C)cc3)ccc12. The molecule has 0 unspecified atom stereocenters. The Morgan fingerprint density at radius 1 is 1.08 bits per heavy atom. The number of hydrogen-bond donors (Lipinski definition) is 2. The van der Waals surface area contributed by atoms with E-state index in [4.69, 9.17) is 0 Å². The van der Waals surface area contributed by atoms with Crippen LogP contribution in [0.3, 0.4) is 0 Å². The van der Waals surface area contributed by atoms with E-state index in [2.05, 4.69) is 50.7 Å². The van der Waals surface area contributed by atoms with Crippen LogP contribution in [0.1, 0.15) is 13.8 Å². The fourth-order valence-corrected chi connectivity index (χ4v) is 2.51. The zero-order valence-corrected chi connectivity index (χ0v) is 14.4. The van der Waals surface area contributed by atoms with Crippen molar-refractivity contribution in [2.24, 2.45) is 5.92 Å². The van der Waals surface area contributed by atoms with E-state index in [9.17, 15) is 4.79 Å². The lowest BCUT2D eigenvalue weighted by molar-refractivity contribution is -0.118. The van der Waals surface area contributed by atoms with Crippen LogP contribution in [0, 0.1) is 5.92 Å². The maximum Gasteiger partial charge on any atom is 0.228 e. The topological polar surface area (TPSA) is 61.0 Å². The summed E-state index contributed by atoms with van der Waals surface area (Å²) < 4.78 is 0. The van der Waals surface area contributed by atoms with E-state index < -0.39 is 0 Å². The first kappa shape index (κ1) is 16.1. The molecular weight excluding hydrogens is 300 g/mol. The zero-order chi connectivity index (χ0) is 17.3. The summed E-state index contributed by atoms with van der Waals surface area (Å²) in [6.07, 6.45) is 0. The minimum Gasteiger partial charge on any atom is -0.378 e. The molecule has 0 aliphatic rings. The molecule has 0 aliphatic carbocycles. The van der Waals surface area contributed by atoms with Gasteiger partial charge < -0.3 is 10.2 Å². The molecule has 5 nitrogen and oxygen atoms in total. The second kappa shape index (κ2) is 6.35. The number of amides is 1. The summed E-state index contributed by atoms with van der Waals surface area (Å²) >= 11 is 0. The highest BCUT2D eigenvalue weighted by Gasteiger charge is 2.12. The number of nitrogens with zero attached hydrogens (tertiary/aromatic N) is 2. The summed E-state index contributed by atoms with van der Waals surface area (Å²) in [6, 6.07) is 14.5. The third-order valence-corrected chi connectivity index (χ3v) is 4.05. The number of carbonyl (C=O) groups excluding carboxylic acids is 1. The first-order valence-electron chi connectivity index (χ1n) is 8.02. The van der Waals surface area contributed by atoms with E-state index in [0.29, 0.717) is 5.82 Å². The smallest absolute Gasteiger partial charge is 0.228 e. The van der Waals surface area contributed by atoms with Crippen molar-refractivity contribution in [1.82, 2.24) is 10.2 Å². The highest BCUT2D eigenvalue weighted by molar-refractivity contribution is 6.01. The van der Waals surface area contributed by atoms with Crippen LogP contribution in [0.25, 0.3) is 22.0 Å². The van der Waals surface area contributed by atoms with Crippen molar-refractivity contribution >= 4 is 28.3 Å². The average Bonchev–Trinajstić information content (AvgIpc) is 2.97. The van der Waals surface area contributed by atoms with Gasteiger partial charge in [-0.3, -0.25) is 9.89 Å². The van der Waals surface area contributed by atoms with E-state index in [1.165, 1.54) is 5.69 Å². The lowest BCUT2D eigenvalue weighted by Gasteiger charge is -2.12. The Labute approximate surface area is 141 Å². The first-order chi connectivity index (χ1) is 11.5. The van der Waals surface area contributed by atoms with Gasteiger partial charge >= 0.3 is 0 Å². The lowest BCUT2D eigenvalue weighted by Crippen LogP contribution is -2.18. The van der Waals surface area contributed by atoms with Crippen LogP contribution in [0.15, 0.2) is 42.5 Å². The third kappa shape index (κ3) is 3.11. The summed E-state index contributed by atoms with van der Waals surface area (Å²) in [5.74, 6) is 0.469. The van der Waals surface area contributed by atoms with E-state index >= 15 is 0 Å². The van der Waals surface area contributed by atoms with Gasteiger partial charge in [0.05, 0.1) is 5.52 Å². The number of anilines is 2. The zero-order valence-electron chi connectivity index (χ0n) is 14.4. The average molecular weight is 322 g/mol. The molecule has 0 saturated carbocycles. The number of rotatable bonds is 4. The number of nitrogens with one attached hydrogen (secondary N) is 2. The second-order valence-electron chi connectivity index (χ2n) is 6.42. The molecule has 2 N–H and O–H groups in total. The minimum atomic E-state index is -0.0776. The Morgan fingerprint density at radius 2 is 1.75 bits per heavy atom. The molecule has 0 aliphatic heterocycles. The van der Waals surface area contributed by atoms with Gasteiger partial charge in [-0.2, -0.15) is 5.10 Å². The molecule has 0 bridgehead atoms. The number of fused-ring (bicyclic) bond motifs is 1. The van der Waals surface area contributed by atoms with Crippen molar-refractivity contribution in [2.45, 2.75) is 13.8 Å². The van der Waals surface area contributed by atoms with Crippen molar-refractivity contribution in [3.05, 3.63) is 42.5 Å².